The van der Waals surface area contributed by atoms with Crippen molar-refractivity contribution in [2.75, 3.05) is 18.0 Å². The molecule has 1 fully saturated rings. The molecule has 1 atom stereocenters. The van der Waals surface area contributed by atoms with Gasteiger partial charge in [0.1, 0.15) is 5.01 Å². The molecule has 1 aliphatic rings. The van der Waals surface area contributed by atoms with Gasteiger partial charge in [-0.3, -0.25) is 14.5 Å². The average Bonchev–Trinajstić information content (AvgIpc) is 3.09. The van der Waals surface area contributed by atoms with E-state index >= 15 is 0 Å². The van der Waals surface area contributed by atoms with Crippen LogP contribution in [-0.4, -0.2) is 44.5 Å². The van der Waals surface area contributed by atoms with Gasteiger partial charge in [0, 0.05) is 30.9 Å². The Hall–Kier alpha value is -2.58. The minimum atomic E-state index is -0.173. The van der Waals surface area contributed by atoms with Crippen LogP contribution in [0.1, 0.15) is 24.5 Å². The Balaban J connectivity index is 1.54. The third-order valence-electron chi connectivity index (χ3n) is 4.78. The van der Waals surface area contributed by atoms with Crippen LogP contribution in [0.15, 0.2) is 41.2 Å². The second-order valence-electron chi connectivity index (χ2n) is 6.72. The smallest absolute Gasteiger partial charge is 0.275 e. The van der Waals surface area contributed by atoms with E-state index in [1.165, 1.54) is 21.9 Å². The highest BCUT2D eigenvalue weighted by Crippen LogP contribution is 2.21. The number of benzene rings is 1. The monoisotopic (exact) mass is 383 g/mol. The summed E-state index contributed by atoms with van der Waals surface area (Å²) in [6, 6.07) is 11.4. The second kappa shape index (κ2) is 7.21. The minimum Gasteiger partial charge on any atom is -0.310 e. The Labute approximate surface area is 160 Å². The number of hydrogen-bond donors (Lipinski definition) is 0. The summed E-state index contributed by atoms with van der Waals surface area (Å²) < 4.78 is 1.36. The van der Waals surface area contributed by atoms with Crippen LogP contribution in [0.2, 0.25) is 0 Å². The SMILES string of the molecule is CCc1nn2c(=O)cc(CN3CC(=O)N(c4ccccc4)C[C@H]3C)nc2s1. The molecule has 27 heavy (non-hydrogen) atoms. The Kier molecular flexibility index (Phi) is 4.75. The first-order chi connectivity index (χ1) is 13.0. The highest BCUT2D eigenvalue weighted by molar-refractivity contribution is 7.16. The molecule has 3 heterocycles. The van der Waals surface area contributed by atoms with E-state index in [4.69, 9.17) is 0 Å². The standard InChI is InChI=1S/C19H21N5O2S/c1-3-16-21-24-17(25)9-14(20-19(24)27-16)11-22-12-18(26)23(10-13(22)2)15-7-5-4-6-8-15/h4-9,13H,3,10-12H2,1-2H3/t13-/m1/s1. The molecule has 0 radical (unpaired) electrons. The van der Waals surface area contributed by atoms with Gasteiger partial charge in [0.05, 0.1) is 12.2 Å². The molecule has 2 aromatic heterocycles. The lowest BCUT2D eigenvalue weighted by molar-refractivity contribution is -0.122. The minimum absolute atomic E-state index is 0.0585. The van der Waals surface area contributed by atoms with Gasteiger partial charge in [0.25, 0.3) is 5.56 Å². The number of amides is 1. The zero-order valence-electron chi connectivity index (χ0n) is 15.3. The quantitative estimate of drug-likeness (QED) is 0.689. The second-order valence-corrected chi connectivity index (χ2v) is 7.76. The van der Waals surface area contributed by atoms with E-state index in [9.17, 15) is 9.59 Å². The molecule has 0 unspecified atom stereocenters. The first-order valence-electron chi connectivity index (χ1n) is 9.03. The zero-order chi connectivity index (χ0) is 19.0. The molecule has 1 aliphatic heterocycles. The number of rotatable bonds is 4. The molecule has 1 amide bonds. The predicted octanol–water partition coefficient (Wildman–Crippen LogP) is 1.95. The summed E-state index contributed by atoms with van der Waals surface area (Å²) in [6.45, 7) is 5.49. The molecular weight excluding hydrogens is 362 g/mol. The summed E-state index contributed by atoms with van der Waals surface area (Å²) in [6.07, 6.45) is 0.774. The number of nitrogens with zero attached hydrogens (tertiary/aromatic N) is 5. The van der Waals surface area contributed by atoms with E-state index in [-0.39, 0.29) is 17.5 Å². The maximum atomic E-state index is 12.7. The fraction of sp³-hybridized carbons (Fsp3) is 0.368. The van der Waals surface area contributed by atoms with Crippen LogP contribution in [0, 0.1) is 0 Å². The summed E-state index contributed by atoms with van der Waals surface area (Å²) in [5.41, 5.74) is 1.43. The Bertz CT molecular complexity index is 1030. The molecule has 1 saturated heterocycles. The Morgan fingerprint density at radius 2 is 2.00 bits per heavy atom. The number of aryl methyl sites for hydroxylation is 1. The van der Waals surface area contributed by atoms with Crippen LogP contribution in [0.25, 0.3) is 4.96 Å². The van der Waals surface area contributed by atoms with Gasteiger partial charge in [-0.25, -0.2) is 4.98 Å². The molecule has 8 heteroatoms. The highest BCUT2D eigenvalue weighted by atomic mass is 32.1. The summed E-state index contributed by atoms with van der Waals surface area (Å²) >= 11 is 1.43. The van der Waals surface area contributed by atoms with Gasteiger partial charge < -0.3 is 4.90 Å². The summed E-state index contributed by atoms with van der Waals surface area (Å²) in [4.78, 5) is 34.1. The van der Waals surface area contributed by atoms with E-state index in [0.29, 0.717) is 30.3 Å². The molecule has 1 aromatic carbocycles. The Morgan fingerprint density at radius 3 is 2.74 bits per heavy atom. The van der Waals surface area contributed by atoms with E-state index < -0.39 is 0 Å². The van der Waals surface area contributed by atoms with Gasteiger partial charge in [-0.2, -0.15) is 9.61 Å². The van der Waals surface area contributed by atoms with Crippen molar-refractivity contribution in [3.8, 4) is 0 Å². The lowest BCUT2D eigenvalue weighted by atomic mass is 10.1. The topological polar surface area (TPSA) is 70.8 Å². The summed E-state index contributed by atoms with van der Waals surface area (Å²) in [5, 5.41) is 5.16. The number of piperazine rings is 1. The molecule has 0 saturated carbocycles. The molecule has 0 aliphatic carbocycles. The molecular formula is C19H21N5O2S. The number of para-hydroxylation sites is 1. The van der Waals surface area contributed by atoms with Crippen molar-refractivity contribution in [1.29, 1.82) is 0 Å². The van der Waals surface area contributed by atoms with Crippen LogP contribution < -0.4 is 10.5 Å². The van der Waals surface area contributed by atoms with Crippen LogP contribution >= 0.6 is 11.3 Å². The molecule has 0 bridgehead atoms. The van der Waals surface area contributed by atoms with Gasteiger partial charge in [-0.05, 0) is 25.5 Å². The van der Waals surface area contributed by atoms with Crippen molar-refractivity contribution in [1.82, 2.24) is 19.5 Å². The van der Waals surface area contributed by atoms with Crippen molar-refractivity contribution in [2.24, 2.45) is 0 Å². The first kappa shape index (κ1) is 17.8. The lowest BCUT2D eigenvalue weighted by Gasteiger charge is -2.39. The first-order valence-corrected chi connectivity index (χ1v) is 9.85. The molecule has 3 aromatic rings. The predicted molar refractivity (Wildman–Crippen MR) is 105 cm³/mol. The van der Waals surface area contributed by atoms with Gasteiger partial charge >= 0.3 is 0 Å². The molecule has 4 rings (SSSR count). The normalized spacial score (nSPS) is 18.4. The zero-order valence-corrected chi connectivity index (χ0v) is 16.1. The Morgan fingerprint density at radius 1 is 1.22 bits per heavy atom. The van der Waals surface area contributed by atoms with Gasteiger partial charge in [0.2, 0.25) is 10.9 Å². The van der Waals surface area contributed by atoms with Crippen LogP contribution in [0.5, 0.6) is 0 Å². The third kappa shape index (κ3) is 3.50. The van der Waals surface area contributed by atoms with Gasteiger partial charge in [0.15, 0.2) is 0 Å². The van der Waals surface area contributed by atoms with Crippen LogP contribution in [0.4, 0.5) is 5.69 Å². The largest absolute Gasteiger partial charge is 0.310 e. The number of anilines is 1. The molecule has 0 N–H and O–H groups in total. The number of carbonyl (C=O) groups is 1. The van der Waals surface area contributed by atoms with Gasteiger partial charge in [-0.1, -0.05) is 36.5 Å². The van der Waals surface area contributed by atoms with Crippen molar-refractivity contribution in [3.05, 3.63) is 57.5 Å². The van der Waals surface area contributed by atoms with Crippen LogP contribution in [0.3, 0.4) is 0 Å². The number of carbonyl (C=O) groups excluding carboxylic acids is 1. The lowest BCUT2D eigenvalue weighted by Crippen LogP contribution is -2.55. The number of aromatic nitrogens is 3. The number of fused-ring (bicyclic) bond motifs is 1. The van der Waals surface area contributed by atoms with Gasteiger partial charge in [-0.15, -0.1) is 0 Å². The van der Waals surface area contributed by atoms with Crippen molar-refractivity contribution in [2.45, 2.75) is 32.9 Å². The van der Waals surface area contributed by atoms with E-state index in [2.05, 4.69) is 21.9 Å². The summed E-state index contributed by atoms with van der Waals surface area (Å²) in [7, 11) is 0. The molecule has 140 valence electrons. The fourth-order valence-electron chi connectivity index (χ4n) is 3.29. The van der Waals surface area contributed by atoms with Crippen LogP contribution in [-0.2, 0) is 17.8 Å². The van der Waals surface area contributed by atoms with E-state index in [1.807, 2.05) is 42.2 Å². The average molecular weight is 383 g/mol. The van der Waals surface area contributed by atoms with Crippen molar-refractivity contribution in [3.63, 3.8) is 0 Å². The molecule has 7 nitrogen and oxygen atoms in total. The van der Waals surface area contributed by atoms with E-state index in [0.717, 1.165) is 17.1 Å². The number of hydrogen-bond acceptors (Lipinski definition) is 6. The molecule has 0 spiro atoms. The van der Waals surface area contributed by atoms with Crippen molar-refractivity contribution >= 4 is 27.9 Å². The highest BCUT2D eigenvalue weighted by Gasteiger charge is 2.30. The maximum Gasteiger partial charge on any atom is 0.275 e. The fourth-order valence-corrected chi connectivity index (χ4v) is 4.15. The maximum absolute atomic E-state index is 12.7. The summed E-state index contributed by atoms with van der Waals surface area (Å²) in [5.74, 6) is 0.0585. The third-order valence-corrected chi connectivity index (χ3v) is 5.84. The van der Waals surface area contributed by atoms with Crippen molar-refractivity contribution < 1.29 is 4.79 Å². The van der Waals surface area contributed by atoms with E-state index in [1.54, 1.807) is 0 Å².